The molecule has 1 aromatic carbocycles. The van der Waals surface area contributed by atoms with Crippen LogP contribution in [-0.4, -0.2) is 26.6 Å². The highest BCUT2D eigenvalue weighted by Gasteiger charge is 2.07. The summed E-state index contributed by atoms with van der Waals surface area (Å²) in [5.74, 6) is -0.551. The molecule has 0 aliphatic carbocycles. The van der Waals surface area contributed by atoms with Gasteiger partial charge in [-0.2, -0.15) is 0 Å². The molecule has 76 valence electrons. The summed E-state index contributed by atoms with van der Waals surface area (Å²) < 4.78 is 23.1. The van der Waals surface area contributed by atoms with Crippen molar-refractivity contribution in [3.05, 3.63) is 29.6 Å². The summed E-state index contributed by atoms with van der Waals surface area (Å²) in [4.78, 5) is 10.4. The van der Waals surface area contributed by atoms with E-state index in [1.54, 1.807) is 6.07 Å². The Hall–Kier alpha value is -1.42. The van der Waals surface area contributed by atoms with Crippen LogP contribution < -0.4 is 4.74 Å². The minimum Gasteiger partial charge on any atom is -0.488 e. The Morgan fingerprint density at radius 3 is 2.86 bits per heavy atom. The zero-order valence-corrected chi connectivity index (χ0v) is 7.83. The Bertz CT molecular complexity index is 312. The van der Waals surface area contributed by atoms with Gasteiger partial charge in [-0.3, -0.25) is 4.79 Å². The van der Waals surface area contributed by atoms with E-state index in [0.29, 0.717) is 12.9 Å². The SMILES string of the molecule is COCCOc1cccc(C=O)c1F. The van der Waals surface area contributed by atoms with Gasteiger partial charge in [0.1, 0.15) is 6.61 Å². The van der Waals surface area contributed by atoms with E-state index < -0.39 is 5.82 Å². The fourth-order valence-corrected chi connectivity index (χ4v) is 0.965. The molecule has 0 N–H and O–H groups in total. The van der Waals surface area contributed by atoms with Crippen molar-refractivity contribution in [2.24, 2.45) is 0 Å². The van der Waals surface area contributed by atoms with Crippen molar-refractivity contribution in [3.63, 3.8) is 0 Å². The number of carbonyl (C=O) groups is 1. The van der Waals surface area contributed by atoms with Crippen LogP contribution in [-0.2, 0) is 4.74 Å². The normalized spacial score (nSPS) is 9.86. The number of aldehydes is 1. The summed E-state index contributed by atoms with van der Waals surface area (Å²) in [5, 5.41) is 0. The zero-order chi connectivity index (χ0) is 10.4. The minimum atomic E-state index is -0.626. The van der Waals surface area contributed by atoms with E-state index in [9.17, 15) is 9.18 Å². The van der Waals surface area contributed by atoms with Gasteiger partial charge >= 0.3 is 0 Å². The highest BCUT2D eigenvalue weighted by atomic mass is 19.1. The molecule has 1 rings (SSSR count). The van der Waals surface area contributed by atoms with Gasteiger partial charge in [0, 0.05) is 7.11 Å². The largest absolute Gasteiger partial charge is 0.488 e. The van der Waals surface area contributed by atoms with Crippen LogP contribution in [0.5, 0.6) is 5.75 Å². The van der Waals surface area contributed by atoms with E-state index in [1.807, 2.05) is 0 Å². The van der Waals surface area contributed by atoms with Crippen LogP contribution in [0, 0.1) is 5.82 Å². The summed E-state index contributed by atoms with van der Waals surface area (Å²) in [6.45, 7) is 0.639. The maximum Gasteiger partial charge on any atom is 0.175 e. The van der Waals surface area contributed by atoms with Gasteiger partial charge in [0.25, 0.3) is 0 Å². The molecule has 0 aliphatic rings. The second kappa shape index (κ2) is 5.34. The van der Waals surface area contributed by atoms with Crippen molar-refractivity contribution in [2.75, 3.05) is 20.3 Å². The van der Waals surface area contributed by atoms with Crippen LogP contribution in [0.1, 0.15) is 10.4 Å². The molecule has 0 heterocycles. The van der Waals surface area contributed by atoms with Crippen LogP contribution in [0.4, 0.5) is 4.39 Å². The molecule has 0 amide bonds. The summed E-state index contributed by atoms with van der Waals surface area (Å²) in [5.41, 5.74) is -0.0000770. The first-order valence-corrected chi connectivity index (χ1v) is 4.15. The summed E-state index contributed by atoms with van der Waals surface area (Å²) >= 11 is 0. The van der Waals surface area contributed by atoms with Crippen molar-refractivity contribution in [1.29, 1.82) is 0 Å². The van der Waals surface area contributed by atoms with Crippen molar-refractivity contribution >= 4 is 6.29 Å². The van der Waals surface area contributed by atoms with Crippen molar-refractivity contribution in [3.8, 4) is 5.75 Å². The van der Waals surface area contributed by atoms with Gasteiger partial charge < -0.3 is 9.47 Å². The Morgan fingerprint density at radius 2 is 2.21 bits per heavy atom. The smallest absolute Gasteiger partial charge is 0.175 e. The predicted octanol–water partition coefficient (Wildman–Crippen LogP) is 1.66. The molecule has 0 atom stereocenters. The summed E-state index contributed by atoms with van der Waals surface area (Å²) in [6.07, 6.45) is 0.457. The molecule has 0 saturated carbocycles. The lowest BCUT2D eigenvalue weighted by Crippen LogP contribution is -2.06. The lowest BCUT2D eigenvalue weighted by atomic mass is 10.2. The van der Waals surface area contributed by atoms with Crippen LogP contribution in [0.3, 0.4) is 0 Å². The third-order valence-corrected chi connectivity index (χ3v) is 1.67. The standard InChI is InChI=1S/C10H11FO3/c1-13-5-6-14-9-4-2-3-8(7-12)10(9)11/h2-4,7H,5-6H2,1H3. The zero-order valence-electron chi connectivity index (χ0n) is 7.83. The molecule has 0 bridgehead atoms. The van der Waals surface area contributed by atoms with Gasteiger partial charge in [-0.25, -0.2) is 4.39 Å². The first-order chi connectivity index (χ1) is 6.79. The van der Waals surface area contributed by atoms with Gasteiger partial charge in [0.05, 0.1) is 12.2 Å². The predicted molar refractivity (Wildman–Crippen MR) is 49.2 cm³/mol. The average molecular weight is 198 g/mol. The summed E-state index contributed by atoms with van der Waals surface area (Å²) in [6, 6.07) is 4.43. The van der Waals surface area contributed by atoms with Gasteiger partial charge in [0.15, 0.2) is 17.9 Å². The second-order valence-electron chi connectivity index (χ2n) is 2.62. The van der Waals surface area contributed by atoms with E-state index in [1.165, 1.54) is 19.2 Å². The molecule has 1 aromatic rings. The van der Waals surface area contributed by atoms with Crippen LogP contribution in [0.15, 0.2) is 18.2 Å². The van der Waals surface area contributed by atoms with Gasteiger partial charge in [-0.05, 0) is 12.1 Å². The lowest BCUT2D eigenvalue weighted by Gasteiger charge is -2.06. The van der Waals surface area contributed by atoms with Gasteiger partial charge in [-0.1, -0.05) is 6.07 Å². The molecular weight excluding hydrogens is 187 g/mol. The Kier molecular flexibility index (Phi) is 4.07. The van der Waals surface area contributed by atoms with Crippen LogP contribution >= 0.6 is 0 Å². The number of methoxy groups -OCH3 is 1. The summed E-state index contributed by atoms with van der Waals surface area (Å²) in [7, 11) is 1.53. The molecule has 0 aliphatic heterocycles. The van der Waals surface area contributed by atoms with Crippen LogP contribution in [0.2, 0.25) is 0 Å². The van der Waals surface area contributed by atoms with E-state index in [0.717, 1.165) is 0 Å². The molecule has 0 aromatic heterocycles. The van der Waals surface area contributed by atoms with E-state index in [2.05, 4.69) is 0 Å². The molecular formula is C10H11FO3. The van der Waals surface area contributed by atoms with E-state index >= 15 is 0 Å². The number of hydrogen-bond donors (Lipinski definition) is 0. The third-order valence-electron chi connectivity index (χ3n) is 1.67. The average Bonchev–Trinajstić information content (AvgIpc) is 2.21. The number of rotatable bonds is 5. The minimum absolute atomic E-state index is 0.0000770. The number of carbonyl (C=O) groups excluding carboxylic acids is 1. The van der Waals surface area contributed by atoms with Crippen molar-refractivity contribution in [2.45, 2.75) is 0 Å². The fraction of sp³-hybridized carbons (Fsp3) is 0.300. The third kappa shape index (κ3) is 2.53. The van der Waals surface area contributed by atoms with Crippen LogP contribution in [0.25, 0.3) is 0 Å². The van der Waals surface area contributed by atoms with E-state index in [-0.39, 0.29) is 17.9 Å². The van der Waals surface area contributed by atoms with Crippen molar-refractivity contribution in [1.82, 2.24) is 0 Å². The number of benzene rings is 1. The number of halogens is 1. The highest BCUT2D eigenvalue weighted by Crippen LogP contribution is 2.18. The maximum atomic E-state index is 13.3. The van der Waals surface area contributed by atoms with E-state index in [4.69, 9.17) is 9.47 Å². The van der Waals surface area contributed by atoms with Crippen molar-refractivity contribution < 1.29 is 18.7 Å². The Morgan fingerprint density at radius 1 is 1.43 bits per heavy atom. The quantitative estimate of drug-likeness (QED) is 0.533. The first-order valence-electron chi connectivity index (χ1n) is 4.15. The number of ether oxygens (including phenoxy) is 2. The fourth-order valence-electron chi connectivity index (χ4n) is 0.965. The monoisotopic (exact) mass is 198 g/mol. The molecule has 0 saturated heterocycles. The van der Waals surface area contributed by atoms with Gasteiger partial charge in [-0.15, -0.1) is 0 Å². The lowest BCUT2D eigenvalue weighted by molar-refractivity contribution is 0.111. The highest BCUT2D eigenvalue weighted by molar-refractivity contribution is 5.76. The molecule has 0 unspecified atom stereocenters. The van der Waals surface area contributed by atoms with Gasteiger partial charge in [0.2, 0.25) is 0 Å². The molecule has 0 radical (unpaired) electrons. The maximum absolute atomic E-state index is 13.3. The molecule has 14 heavy (non-hydrogen) atoms. The Balaban J connectivity index is 2.71. The first kappa shape index (κ1) is 10.7. The molecule has 3 nitrogen and oxygen atoms in total. The molecule has 4 heteroatoms. The number of hydrogen-bond acceptors (Lipinski definition) is 3. The molecule has 0 spiro atoms. The Labute approximate surface area is 81.4 Å². The molecule has 0 fully saturated rings. The topological polar surface area (TPSA) is 35.5 Å². The second-order valence-corrected chi connectivity index (χ2v) is 2.62.